The highest BCUT2D eigenvalue weighted by molar-refractivity contribution is 6.02. The van der Waals surface area contributed by atoms with E-state index in [-0.39, 0.29) is 42.1 Å². The van der Waals surface area contributed by atoms with E-state index in [1.165, 1.54) is 30.4 Å². The van der Waals surface area contributed by atoms with Gasteiger partial charge < -0.3 is 20.1 Å². The molecule has 1 saturated carbocycles. The number of benzene rings is 1. The zero-order chi connectivity index (χ0) is 32.5. The number of pyridine rings is 1. The Morgan fingerprint density at radius 1 is 1.13 bits per heavy atom. The number of nitrogens with zero attached hydrogens (tertiary/aromatic N) is 6. The topological polar surface area (TPSA) is 155 Å². The van der Waals surface area contributed by atoms with Gasteiger partial charge in [0.25, 0.3) is 0 Å². The van der Waals surface area contributed by atoms with Crippen LogP contribution in [-0.2, 0) is 18.4 Å². The number of ketones is 1. The molecular formula is C28H26F4N8O5. The molecular weight excluding hydrogens is 604 g/mol. The van der Waals surface area contributed by atoms with Gasteiger partial charge in [-0.15, -0.1) is 0 Å². The van der Waals surface area contributed by atoms with Crippen LogP contribution in [0, 0.1) is 0 Å². The van der Waals surface area contributed by atoms with Crippen molar-refractivity contribution >= 4 is 34.8 Å². The first kappa shape index (κ1) is 31.1. The fourth-order valence-corrected chi connectivity index (χ4v) is 4.31. The number of para-hydroxylation sites is 1. The number of halogens is 4. The van der Waals surface area contributed by atoms with E-state index in [1.54, 1.807) is 32.2 Å². The molecule has 0 saturated heterocycles. The number of alkyl halides is 4. The summed E-state index contributed by atoms with van der Waals surface area (Å²) in [6.07, 6.45) is -1.43. The first-order valence-electron chi connectivity index (χ1n) is 13.5. The van der Waals surface area contributed by atoms with Gasteiger partial charge in [-0.2, -0.15) is 23.3 Å². The van der Waals surface area contributed by atoms with E-state index >= 15 is 0 Å². The second-order valence-corrected chi connectivity index (χ2v) is 10.2. The summed E-state index contributed by atoms with van der Waals surface area (Å²) in [4.78, 5) is 49.3. The maximum Gasteiger partial charge on any atom is 0.491 e. The van der Waals surface area contributed by atoms with E-state index in [0.29, 0.717) is 22.8 Å². The standard InChI is InChI=1S/C28H26F4N8O5/c1-4-19(41)16-11-33-21(10-18(16)35-17-7-5-6-15(22(17)44-3)23-34-14-39(2)38-23)36-24-20(45-25(42)28(30,31)32)12-40(26(43)37-24)13-27(29)8-9-27/h5-7,10-12,14H,4,8-9,13H2,1-3H3,(H2,33,35,36,37,43). The quantitative estimate of drug-likeness (QED) is 0.137. The van der Waals surface area contributed by atoms with Crippen LogP contribution in [0.3, 0.4) is 0 Å². The predicted octanol–water partition coefficient (Wildman–Crippen LogP) is 4.49. The molecule has 0 amide bonds. The number of carbonyl (C=O) groups excluding carboxylic acids is 2. The molecule has 236 valence electrons. The largest absolute Gasteiger partial charge is 0.494 e. The summed E-state index contributed by atoms with van der Waals surface area (Å²) in [5.74, 6) is -3.62. The van der Waals surface area contributed by atoms with Crippen LogP contribution in [0.5, 0.6) is 11.5 Å². The van der Waals surface area contributed by atoms with Crippen molar-refractivity contribution in [2.45, 2.75) is 44.6 Å². The first-order chi connectivity index (χ1) is 21.3. The van der Waals surface area contributed by atoms with Crippen LogP contribution in [0.15, 0.2) is 47.8 Å². The van der Waals surface area contributed by atoms with Gasteiger partial charge in [0.15, 0.2) is 28.9 Å². The van der Waals surface area contributed by atoms with Crippen LogP contribution in [0.25, 0.3) is 11.4 Å². The zero-order valence-corrected chi connectivity index (χ0v) is 24.1. The second kappa shape index (κ2) is 12.0. The Hall–Kier alpha value is -5.35. The monoisotopic (exact) mass is 630 g/mol. The normalized spacial score (nSPS) is 13.7. The summed E-state index contributed by atoms with van der Waals surface area (Å²) in [7, 11) is 3.15. The summed E-state index contributed by atoms with van der Waals surface area (Å²) >= 11 is 0. The molecule has 3 heterocycles. The minimum atomic E-state index is -5.37. The van der Waals surface area contributed by atoms with Crippen LogP contribution >= 0.6 is 0 Å². The Bertz CT molecular complexity index is 1830. The van der Waals surface area contributed by atoms with Crippen molar-refractivity contribution in [1.29, 1.82) is 0 Å². The molecule has 17 heteroatoms. The molecule has 45 heavy (non-hydrogen) atoms. The summed E-state index contributed by atoms with van der Waals surface area (Å²) in [6, 6.07) is 6.47. The Morgan fingerprint density at radius 3 is 2.51 bits per heavy atom. The van der Waals surface area contributed by atoms with Crippen molar-refractivity contribution < 1.29 is 36.6 Å². The number of carbonyl (C=O) groups is 2. The van der Waals surface area contributed by atoms with Crippen molar-refractivity contribution in [2.75, 3.05) is 17.7 Å². The van der Waals surface area contributed by atoms with Gasteiger partial charge in [0.1, 0.15) is 17.8 Å². The highest BCUT2D eigenvalue weighted by Crippen LogP contribution is 2.41. The van der Waals surface area contributed by atoms with Gasteiger partial charge in [0, 0.05) is 25.7 Å². The van der Waals surface area contributed by atoms with Crippen LogP contribution in [0.2, 0.25) is 0 Å². The third-order valence-corrected chi connectivity index (χ3v) is 6.74. The van der Waals surface area contributed by atoms with Crippen LogP contribution in [-0.4, -0.2) is 60.0 Å². The number of nitrogens with one attached hydrogen (secondary N) is 2. The average molecular weight is 631 g/mol. The molecule has 1 aliphatic rings. The van der Waals surface area contributed by atoms with E-state index in [0.717, 1.165) is 10.8 Å². The second-order valence-electron chi connectivity index (χ2n) is 10.2. The molecule has 1 aliphatic carbocycles. The number of aryl methyl sites for hydroxylation is 1. The van der Waals surface area contributed by atoms with Crippen molar-refractivity contribution in [2.24, 2.45) is 7.05 Å². The molecule has 4 aromatic rings. The summed E-state index contributed by atoms with van der Waals surface area (Å²) in [5, 5.41) is 10.00. The van der Waals surface area contributed by atoms with Crippen LogP contribution < -0.4 is 25.8 Å². The lowest BCUT2D eigenvalue weighted by Crippen LogP contribution is -2.31. The predicted molar refractivity (Wildman–Crippen MR) is 152 cm³/mol. The fourth-order valence-electron chi connectivity index (χ4n) is 4.31. The van der Waals surface area contributed by atoms with Gasteiger partial charge in [-0.3, -0.25) is 14.0 Å². The van der Waals surface area contributed by atoms with Gasteiger partial charge in [-0.05, 0) is 25.0 Å². The molecule has 0 unspecified atom stereocenters. The molecule has 1 aromatic carbocycles. The molecule has 3 aromatic heterocycles. The Kier molecular flexibility index (Phi) is 8.27. The smallest absolute Gasteiger partial charge is 0.491 e. The molecule has 5 rings (SSSR count). The Balaban J connectivity index is 1.53. The third-order valence-electron chi connectivity index (χ3n) is 6.74. The van der Waals surface area contributed by atoms with Gasteiger partial charge >= 0.3 is 17.8 Å². The average Bonchev–Trinajstić information content (AvgIpc) is 3.56. The molecule has 2 N–H and O–H groups in total. The lowest BCUT2D eigenvalue weighted by Gasteiger charge is -2.18. The number of Topliss-reactive ketones (excluding diaryl/α,β-unsaturated/α-hetero) is 1. The minimum absolute atomic E-state index is 0.0928. The molecule has 13 nitrogen and oxygen atoms in total. The van der Waals surface area contributed by atoms with Crippen molar-refractivity contribution in [1.82, 2.24) is 29.3 Å². The third kappa shape index (κ3) is 6.91. The zero-order valence-electron chi connectivity index (χ0n) is 24.1. The van der Waals surface area contributed by atoms with E-state index in [1.807, 2.05) is 0 Å². The highest BCUT2D eigenvalue weighted by Gasteiger charge is 2.44. The summed E-state index contributed by atoms with van der Waals surface area (Å²) < 4.78 is 65.9. The van der Waals surface area contributed by atoms with Crippen LogP contribution in [0.4, 0.5) is 40.6 Å². The number of aromatic nitrogens is 6. The van der Waals surface area contributed by atoms with E-state index in [2.05, 4.69) is 35.4 Å². The van der Waals surface area contributed by atoms with Gasteiger partial charge in [-0.1, -0.05) is 13.0 Å². The Morgan fingerprint density at radius 2 is 1.89 bits per heavy atom. The molecule has 0 atom stereocenters. The van der Waals surface area contributed by atoms with Gasteiger partial charge in [0.05, 0.1) is 42.4 Å². The number of anilines is 4. The number of methoxy groups -OCH3 is 1. The van der Waals surface area contributed by atoms with Crippen molar-refractivity contribution in [3.63, 3.8) is 0 Å². The molecule has 0 bridgehead atoms. The SMILES string of the molecule is CCC(=O)c1cnc(Nc2nc(=O)n(CC3(F)CC3)cc2OC(=O)C(F)(F)F)cc1Nc1cccc(-c2ncn(C)n2)c1OC. The van der Waals surface area contributed by atoms with E-state index < -0.39 is 41.6 Å². The van der Waals surface area contributed by atoms with Crippen molar-refractivity contribution in [3.05, 3.63) is 59.0 Å². The minimum Gasteiger partial charge on any atom is -0.494 e. The van der Waals surface area contributed by atoms with Gasteiger partial charge in [-0.25, -0.2) is 23.9 Å². The number of ether oxygens (including phenoxy) is 2. The first-order valence-corrected chi connectivity index (χ1v) is 13.5. The summed E-state index contributed by atoms with van der Waals surface area (Å²) in [5.41, 5.74) is -1.39. The molecule has 0 radical (unpaired) electrons. The number of hydrogen-bond donors (Lipinski definition) is 2. The Labute approximate surface area is 252 Å². The number of hydrogen-bond acceptors (Lipinski definition) is 11. The maximum absolute atomic E-state index is 14.4. The van der Waals surface area contributed by atoms with E-state index in [4.69, 9.17) is 4.74 Å². The lowest BCUT2D eigenvalue weighted by molar-refractivity contribution is -0.189. The van der Waals surface area contributed by atoms with Crippen molar-refractivity contribution in [3.8, 4) is 22.9 Å². The van der Waals surface area contributed by atoms with Gasteiger partial charge in [0.2, 0.25) is 0 Å². The fraction of sp³-hybridized carbons (Fsp3) is 0.321. The molecule has 0 spiro atoms. The molecule has 0 aliphatic heterocycles. The van der Waals surface area contributed by atoms with E-state index in [9.17, 15) is 31.9 Å². The number of rotatable bonds is 11. The van der Waals surface area contributed by atoms with Crippen LogP contribution in [0.1, 0.15) is 36.5 Å². The molecule has 1 fully saturated rings. The number of esters is 1. The summed E-state index contributed by atoms with van der Waals surface area (Å²) in [6.45, 7) is 1.17. The highest BCUT2D eigenvalue weighted by atomic mass is 19.4. The maximum atomic E-state index is 14.4. The lowest BCUT2D eigenvalue weighted by atomic mass is 10.1.